The van der Waals surface area contributed by atoms with Crippen molar-refractivity contribution in [3.05, 3.63) is 29.3 Å². The molecule has 0 aromatic heterocycles. The fourth-order valence-corrected chi connectivity index (χ4v) is 1.36. The van der Waals surface area contributed by atoms with Gasteiger partial charge in [-0.2, -0.15) is 13.2 Å². The Morgan fingerprint density at radius 1 is 1.42 bits per heavy atom. The van der Waals surface area contributed by atoms with E-state index in [1.807, 2.05) is 0 Å². The number of benzene rings is 1. The van der Waals surface area contributed by atoms with Crippen LogP contribution >= 0.6 is 23.4 Å². The SMILES string of the molecule is FC(F)(F)Sc1[c]cccc1Cl. The summed E-state index contributed by atoms with van der Waals surface area (Å²) in [7, 11) is 0. The Morgan fingerprint density at radius 3 is 2.58 bits per heavy atom. The van der Waals surface area contributed by atoms with Crippen molar-refractivity contribution in [3.63, 3.8) is 0 Å². The standard InChI is InChI=1S/C7H3ClF3S/c8-5-3-1-2-4-6(5)12-7(9,10)11/h1-3H. The molecule has 1 radical (unpaired) electrons. The van der Waals surface area contributed by atoms with Crippen LogP contribution < -0.4 is 0 Å². The quantitative estimate of drug-likeness (QED) is 0.638. The third-order valence-electron chi connectivity index (χ3n) is 0.988. The van der Waals surface area contributed by atoms with E-state index < -0.39 is 5.51 Å². The van der Waals surface area contributed by atoms with Crippen molar-refractivity contribution in [2.45, 2.75) is 10.4 Å². The summed E-state index contributed by atoms with van der Waals surface area (Å²) in [6.45, 7) is 0. The Kier molecular flexibility index (Phi) is 2.90. The minimum atomic E-state index is -4.30. The molecule has 0 N–H and O–H groups in total. The van der Waals surface area contributed by atoms with Gasteiger partial charge < -0.3 is 0 Å². The second-order valence-electron chi connectivity index (χ2n) is 1.89. The number of hydrogen-bond donors (Lipinski definition) is 0. The summed E-state index contributed by atoms with van der Waals surface area (Å²) in [5, 5.41) is 0.0693. The molecule has 1 aromatic carbocycles. The van der Waals surface area contributed by atoms with Gasteiger partial charge in [0.25, 0.3) is 0 Å². The first kappa shape index (κ1) is 9.74. The molecule has 65 valence electrons. The topological polar surface area (TPSA) is 0 Å². The maximum Gasteiger partial charge on any atom is 0.446 e. The molecule has 12 heavy (non-hydrogen) atoms. The van der Waals surface area contributed by atoms with Crippen LogP contribution in [0.4, 0.5) is 13.2 Å². The fraction of sp³-hybridized carbons (Fsp3) is 0.143. The van der Waals surface area contributed by atoms with Gasteiger partial charge in [-0.1, -0.05) is 23.7 Å². The predicted molar refractivity (Wildman–Crippen MR) is 42.2 cm³/mol. The van der Waals surface area contributed by atoms with Crippen molar-refractivity contribution in [3.8, 4) is 0 Å². The molecule has 0 aliphatic heterocycles. The van der Waals surface area contributed by atoms with Crippen molar-refractivity contribution in [2.75, 3.05) is 0 Å². The van der Waals surface area contributed by atoms with E-state index in [1.54, 1.807) is 0 Å². The molecular weight excluding hydrogens is 209 g/mol. The second kappa shape index (κ2) is 3.58. The van der Waals surface area contributed by atoms with Gasteiger partial charge in [0.05, 0.1) is 5.02 Å². The number of halogens is 4. The van der Waals surface area contributed by atoms with Crippen LogP contribution in [0.25, 0.3) is 0 Å². The summed E-state index contributed by atoms with van der Waals surface area (Å²) in [5.41, 5.74) is -4.30. The summed E-state index contributed by atoms with van der Waals surface area (Å²) in [6.07, 6.45) is 0. The highest BCUT2D eigenvalue weighted by atomic mass is 35.5. The fourth-order valence-electron chi connectivity index (χ4n) is 0.595. The monoisotopic (exact) mass is 211 g/mol. The van der Waals surface area contributed by atoms with Crippen molar-refractivity contribution >= 4 is 23.4 Å². The van der Waals surface area contributed by atoms with Crippen LogP contribution in [0.3, 0.4) is 0 Å². The van der Waals surface area contributed by atoms with Crippen LogP contribution in [-0.2, 0) is 0 Å². The molecule has 0 atom stereocenters. The molecule has 0 amide bonds. The van der Waals surface area contributed by atoms with E-state index in [9.17, 15) is 13.2 Å². The molecule has 0 nitrogen and oxygen atoms in total. The predicted octanol–water partition coefficient (Wildman–Crippen LogP) is 3.75. The van der Waals surface area contributed by atoms with Crippen LogP contribution in [0.5, 0.6) is 0 Å². The van der Waals surface area contributed by atoms with E-state index in [0.717, 1.165) is 0 Å². The van der Waals surface area contributed by atoms with Gasteiger partial charge in [0.1, 0.15) is 0 Å². The van der Waals surface area contributed by atoms with Gasteiger partial charge in [0.2, 0.25) is 0 Å². The lowest BCUT2D eigenvalue weighted by Gasteiger charge is -2.05. The lowest BCUT2D eigenvalue weighted by atomic mass is 10.4. The highest BCUT2D eigenvalue weighted by Gasteiger charge is 2.30. The molecule has 5 heteroatoms. The number of hydrogen-bond acceptors (Lipinski definition) is 1. The molecule has 1 rings (SSSR count). The smallest absolute Gasteiger partial charge is 0.160 e. The minimum Gasteiger partial charge on any atom is -0.160 e. The maximum atomic E-state index is 11.8. The van der Waals surface area contributed by atoms with E-state index >= 15 is 0 Å². The number of rotatable bonds is 1. The summed E-state index contributed by atoms with van der Waals surface area (Å²) in [6, 6.07) is 6.72. The molecule has 0 spiro atoms. The van der Waals surface area contributed by atoms with Crippen LogP contribution in [-0.4, -0.2) is 5.51 Å². The first-order valence-corrected chi connectivity index (χ1v) is 4.10. The van der Waals surface area contributed by atoms with Crippen molar-refractivity contribution in [1.29, 1.82) is 0 Å². The van der Waals surface area contributed by atoms with Crippen LogP contribution in [0.2, 0.25) is 5.02 Å². The van der Waals surface area contributed by atoms with Crippen molar-refractivity contribution in [1.82, 2.24) is 0 Å². The van der Waals surface area contributed by atoms with E-state index in [-0.39, 0.29) is 21.7 Å². The minimum absolute atomic E-state index is 0.0693. The number of thioether (sulfide) groups is 1. The van der Waals surface area contributed by atoms with E-state index in [1.165, 1.54) is 18.2 Å². The zero-order chi connectivity index (χ0) is 9.19. The van der Waals surface area contributed by atoms with Crippen LogP contribution in [0.1, 0.15) is 0 Å². The molecule has 0 unspecified atom stereocenters. The highest BCUT2D eigenvalue weighted by molar-refractivity contribution is 8.00. The molecule has 0 saturated heterocycles. The second-order valence-corrected chi connectivity index (χ2v) is 3.38. The largest absolute Gasteiger partial charge is 0.446 e. The van der Waals surface area contributed by atoms with Crippen LogP contribution in [0.15, 0.2) is 23.1 Å². The summed E-state index contributed by atoms with van der Waals surface area (Å²) >= 11 is 5.22. The lowest BCUT2D eigenvalue weighted by Crippen LogP contribution is -1.99. The van der Waals surface area contributed by atoms with Gasteiger partial charge in [0, 0.05) is 4.90 Å². The summed E-state index contributed by atoms with van der Waals surface area (Å²) < 4.78 is 35.4. The highest BCUT2D eigenvalue weighted by Crippen LogP contribution is 2.39. The maximum absolute atomic E-state index is 11.8. The van der Waals surface area contributed by atoms with Gasteiger partial charge in [-0.05, 0) is 23.9 Å². The third-order valence-corrected chi connectivity index (χ3v) is 2.19. The Bertz CT molecular complexity index is 272. The van der Waals surface area contributed by atoms with E-state index in [4.69, 9.17) is 11.6 Å². The Balaban J connectivity index is 2.83. The third kappa shape index (κ3) is 2.95. The molecule has 0 aliphatic carbocycles. The summed E-state index contributed by atoms with van der Waals surface area (Å²) in [5.74, 6) is 0. The molecule has 0 aliphatic rings. The Morgan fingerprint density at radius 2 is 2.08 bits per heavy atom. The van der Waals surface area contributed by atoms with Crippen molar-refractivity contribution in [2.24, 2.45) is 0 Å². The van der Waals surface area contributed by atoms with Crippen molar-refractivity contribution < 1.29 is 13.2 Å². The zero-order valence-corrected chi connectivity index (χ0v) is 7.22. The van der Waals surface area contributed by atoms with Gasteiger partial charge in [-0.15, -0.1) is 0 Å². The average Bonchev–Trinajstić information content (AvgIpc) is 1.91. The Labute approximate surface area is 76.7 Å². The Hall–Kier alpha value is -0.350. The lowest BCUT2D eigenvalue weighted by molar-refractivity contribution is -0.0328. The molecule has 0 fully saturated rings. The molecular formula is C7H3ClF3S. The van der Waals surface area contributed by atoms with Crippen LogP contribution in [0, 0.1) is 6.07 Å². The van der Waals surface area contributed by atoms with Gasteiger partial charge in [0.15, 0.2) is 0 Å². The van der Waals surface area contributed by atoms with Gasteiger partial charge in [-0.3, -0.25) is 0 Å². The molecule has 0 heterocycles. The normalized spacial score (nSPS) is 11.7. The molecule has 0 saturated carbocycles. The van der Waals surface area contributed by atoms with E-state index in [2.05, 4.69) is 6.07 Å². The number of alkyl halides is 3. The molecule has 1 aromatic rings. The van der Waals surface area contributed by atoms with Gasteiger partial charge in [-0.25, -0.2) is 0 Å². The summed E-state index contributed by atoms with van der Waals surface area (Å²) in [4.78, 5) is -0.0910. The molecule has 0 bridgehead atoms. The van der Waals surface area contributed by atoms with Gasteiger partial charge >= 0.3 is 5.51 Å². The average molecular weight is 212 g/mol. The first-order chi connectivity index (χ1) is 5.49. The van der Waals surface area contributed by atoms with E-state index in [0.29, 0.717) is 0 Å². The first-order valence-electron chi connectivity index (χ1n) is 2.91. The zero-order valence-electron chi connectivity index (χ0n) is 5.65.